The smallest absolute Gasteiger partial charge is 0.278 e. The maximum atomic E-state index is 13.3. The predicted octanol–water partition coefficient (Wildman–Crippen LogP) is 3.11. The van der Waals surface area contributed by atoms with Crippen molar-refractivity contribution in [1.29, 1.82) is 0 Å². The van der Waals surface area contributed by atoms with Crippen LogP contribution in [-0.4, -0.2) is 52.8 Å². The molecule has 3 rings (SSSR count). The van der Waals surface area contributed by atoms with Crippen molar-refractivity contribution >= 4 is 32.6 Å². The molecule has 1 amide bonds. The normalized spacial score (nSPS) is 11.5. The molecule has 0 spiro atoms. The summed E-state index contributed by atoms with van der Waals surface area (Å²) in [4.78, 5) is 21.9. The van der Waals surface area contributed by atoms with Crippen LogP contribution in [0.15, 0.2) is 24.4 Å². The van der Waals surface area contributed by atoms with Crippen LogP contribution in [0.3, 0.4) is 0 Å². The van der Waals surface area contributed by atoms with Crippen LogP contribution in [0.1, 0.15) is 28.5 Å². The van der Waals surface area contributed by atoms with E-state index in [0.717, 1.165) is 33.9 Å². The van der Waals surface area contributed by atoms with Gasteiger partial charge in [-0.3, -0.25) is 14.4 Å². The van der Waals surface area contributed by atoms with Crippen LogP contribution in [0.2, 0.25) is 0 Å². The van der Waals surface area contributed by atoms with E-state index in [4.69, 9.17) is 4.98 Å². The molecule has 138 valence electrons. The highest BCUT2D eigenvalue weighted by molar-refractivity contribution is 7.22. The third-order valence-corrected chi connectivity index (χ3v) is 5.46. The highest BCUT2D eigenvalue weighted by Gasteiger charge is 2.25. The maximum Gasteiger partial charge on any atom is 0.278 e. The lowest BCUT2D eigenvalue weighted by atomic mass is 10.2. The minimum atomic E-state index is -0.0564. The second-order valence-electron chi connectivity index (χ2n) is 6.71. The van der Waals surface area contributed by atoms with E-state index in [2.05, 4.69) is 29.1 Å². The quantitative estimate of drug-likeness (QED) is 0.668. The molecule has 0 N–H and O–H groups in total. The molecular formula is C19H25N5OS. The maximum absolute atomic E-state index is 13.3. The molecule has 0 aliphatic carbocycles. The molecular weight excluding hydrogens is 346 g/mol. The summed E-state index contributed by atoms with van der Waals surface area (Å²) in [5, 5.41) is 4.95. The summed E-state index contributed by atoms with van der Waals surface area (Å²) in [6.45, 7) is 5.40. The summed E-state index contributed by atoms with van der Waals surface area (Å²) in [5.74, 6) is -0.0564. The number of thiazole rings is 1. The van der Waals surface area contributed by atoms with Crippen LogP contribution in [0.5, 0.6) is 0 Å². The number of aromatic nitrogens is 3. The van der Waals surface area contributed by atoms with Crippen LogP contribution in [-0.2, 0) is 13.5 Å². The predicted molar refractivity (Wildman–Crippen MR) is 107 cm³/mol. The minimum Gasteiger partial charge on any atom is -0.308 e. The number of anilines is 1. The minimum absolute atomic E-state index is 0.0564. The Labute approximate surface area is 158 Å². The van der Waals surface area contributed by atoms with E-state index in [0.29, 0.717) is 12.2 Å². The largest absolute Gasteiger partial charge is 0.308 e. The molecule has 1 aromatic carbocycles. The van der Waals surface area contributed by atoms with E-state index in [-0.39, 0.29) is 5.91 Å². The number of rotatable bonds is 6. The lowest BCUT2D eigenvalue weighted by Crippen LogP contribution is -2.38. The fourth-order valence-corrected chi connectivity index (χ4v) is 3.91. The molecule has 3 aromatic rings. The van der Waals surface area contributed by atoms with E-state index in [1.165, 1.54) is 5.56 Å². The van der Waals surface area contributed by atoms with Crippen molar-refractivity contribution < 1.29 is 4.79 Å². The first-order valence-corrected chi connectivity index (χ1v) is 9.57. The topological polar surface area (TPSA) is 54.3 Å². The summed E-state index contributed by atoms with van der Waals surface area (Å²) in [5.41, 5.74) is 3.70. The zero-order chi connectivity index (χ0) is 18.8. The molecule has 2 heterocycles. The lowest BCUT2D eigenvalue weighted by molar-refractivity contribution is 0.0975. The van der Waals surface area contributed by atoms with E-state index in [9.17, 15) is 4.79 Å². The van der Waals surface area contributed by atoms with Gasteiger partial charge in [0, 0.05) is 20.1 Å². The number of likely N-dealkylation sites (N-methyl/N-ethyl adjacent to an activating group) is 1. The van der Waals surface area contributed by atoms with Crippen molar-refractivity contribution in [3.63, 3.8) is 0 Å². The number of benzene rings is 1. The molecule has 0 unspecified atom stereocenters. The van der Waals surface area contributed by atoms with Gasteiger partial charge in [-0.2, -0.15) is 5.10 Å². The second-order valence-corrected chi connectivity index (χ2v) is 7.72. The van der Waals surface area contributed by atoms with Gasteiger partial charge in [-0.1, -0.05) is 24.3 Å². The Kier molecular flexibility index (Phi) is 5.38. The SMILES string of the molecule is CCc1ccc2nc(N(CCN(C)C)C(=O)c3c(C)cnn3C)sc2c1. The second kappa shape index (κ2) is 7.55. The van der Waals surface area contributed by atoms with Gasteiger partial charge in [0.2, 0.25) is 0 Å². The van der Waals surface area contributed by atoms with Gasteiger partial charge >= 0.3 is 0 Å². The first-order valence-electron chi connectivity index (χ1n) is 8.75. The number of carbonyl (C=O) groups is 1. The summed E-state index contributed by atoms with van der Waals surface area (Å²) in [6.07, 6.45) is 2.71. The van der Waals surface area contributed by atoms with Crippen LogP contribution in [0.25, 0.3) is 10.2 Å². The summed E-state index contributed by atoms with van der Waals surface area (Å²) < 4.78 is 2.76. The Morgan fingerprint density at radius 2 is 2.04 bits per heavy atom. The Morgan fingerprint density at radius 1 is 1.27 bits per heavy atom. The van der Waals surface area contributed by atoms with Gasteiger partial charge < -0.3 is 4.90 Å². The van der Waals surface area contributed by atoms with Gasteiger partial charge in [0.1, 0.15) is 5.69 Å². The first-order chi connectivity index (χ1) is 12.4. The molecule has 0 fully saturated rings. The number of carbonyl (C=O) groups excluding carboxylic acids is 1. The number of hydrogen-bond acceptors (Lipinski definition) is 5. The number of aryl methyl sites for hydroxylation is 3. The molecule has 0 radical (unpaired) electrons. The summed E-state index contributed by atoms with van der Waals surface area (Å²) in [6, 6.07) is 6.31. The molecule has 6 nitrogen and oxygen atoms in total. The highest BCUT2D eigenvalue weighted by Crippen LogP contribution is 2.30. The third kappa shape index (κ3) is 3.64. The first kappa shape index (κ1) is 18.5. The molecule has 0 aliphatic rings. The van der Waals surface area contributed by atoms with E-state index < -0.39 is 0 Å². The van der Waals surface area contributed by atoms with Crippen molar-refractivity contribution in [2.24, 2.45) is 7.05 Å². The summed E-state index contributed by atoms with van der Waals surface area (Å²) in [7, 11) is 5.81. The number of amides is 1. The molecule has 26 heavy (non-hydrogen) atoms. The fraction of sp³-hybridized carbons (Fsp3) is 0.421. The molecule has 0 saturated carbocycles. The molecule has 2 aromatic heterocycles. The zero-order valence-electron chi connectivity index (χ0n) is 16.0. The van der Waals surface area contributed by atoms with Crippen LogP contribution in [0.4, 0.5) is 5.13 Å². The molecule has 0 atom stereocenters. The van der Waals surface area contributed by atoms with Crippen LogP contribution >= 0.6 is 11.3 Å². The number of nitrogens with zero attached hydrogens (tertiary/aromatic N) is 5. The number of fused-ring (bicyclic) bond motifs is 1. The molecule has 0 saturated heterocycles. The van der Waals surface area contributed by atoms with Gasteiger partial charge in [0.05, 0.1) is 16.4 Å². The average molecular weight is 372 g/mol. The van der Waals surface area contributed by atoms with Crippen LogP contribution < -0.4 is 4.90 Å². The van der Waals surface area contributed by atoms with Crippen molar-refractivity contribution in [3.05, 3.63) is 41.2 Å². The monoisotopic (exact) mass is 371 g/mol. The molecule has 0 aliphatic heterocycles. The van der Waals surface area contributed by atoms with Crippen molar-refractivity contribution in [2.75, 3.05) is 32.1 Å². The Morgan fingerprint density at radius 3 is 2.65 bits per heavy atom. The van der Waals surface area contributed by atoms with Gasteiger partial charge in [0.15, 0.2) is 5.13 Å². The Hall–Kier alpha value is -2.25. The van der Waals surface area contributed by atoms with Gasteiger partial charge in [0.25, 0.3) is 5.91 Å². The molecule has 0 bridgehead atoms. The van der Waals surface area contributed by atoms with Gasteiger partial charge in [-0.25, -0.2) is 4.98 Å². The number of hydrogen-bond donors (Lipinski definition) is 0. The fourth-order valence-electron chi connectivity index (χ4n) is 2.86. The van der Waals surface area contributed by atoms with Crippen molar-refractivity contribution in [1.82, 2.24) is 19.7 Å². The standard InChI is InChI=1S/C19H25N5OS/c1-6-14-7-8-15-16(11-14)26-19(21-15)24(10-9-22(3)4)18(25)17-13(2)12-20-23(17)5/h7-8,11-12H,6,9-10H2,1-5H3. The zero-order valence-corrected chi connectivity index (χ0v) is 16.8. The third-order valence-electron chi connectivity index (χ3n) is 4.42. The van der Waals surface area contributed by atoms with Crippen LogP contribution in [0, 0.1) is 6.92 Å². The van der Waals surface area contributed by atoms with Crippen molar-refractivity contribution in [3.8, 4) is 0 Å². The van der Waals surface area contributed by atoms with Gasteiger partial charge in [-0.05, 0) is 50.7 Å². The van der Waals surface area contributed by atoms with Crippen molar-refractivity contribution in [2.45, 2.75) is 20.3 Å². The average Bonchev–Trinajstić information content (AvgIpc) is 3.16. The Balaban J connectivity index is 2.02. The van der Waals surface area contributed by atoms with Gasteiger partial charge in [-0.15, -0.1) is 0 Å². The van der Waals surface area contributed by atoms with E-state index in [1.54, 1.807) is 34.2 Å². The molecule has 7 heteroatoms. The van der Waals surface area contributed by atoms with E-state index >= 15 is 0 Å². The van der Waals surface area contributed by atoms with E-state index in [1.807, 2.05) is 27.1 Å². The Bertz CT molecular complexity index is 908. The summed E-state index contributed by atoms with van der Waals surface area (Å²) >= 11 is 1.57. The lowest BCUT2D eigenvalue weighted by Gasteiger charge is -2.22. The highest BCUT2D eigenvalue weighted by atomic mass is 32.1.